The molecule has 1 amide bonds. The van der Waals surface area contributed by atoms with Gasteiger partial charge in [0.05, 0.1) is 11.4 Å². The van der Waals surface area contributed by atoms with Gasteiger partial charge in [0, 0.05) is 32.6 Å². The van der Waals surface area contributed by atoms with Crippen LogP contribution in [0.5, 0.6) is 0 Å². The van der Waals surface area contributed by atoms with Gasteiger partial charge in [0.2, 0.25) is 5.91 Å². The minimum absolute atomic E-state index is 0.0542. The van der Waals surface area contributed by atoms with Gasteiger partial charge in [-0.3, -0.25) is 4.79 Å². The Labute approximate surface area is 131 Å². The summed E-state index contributed by atoms with van der Waals surface area (Å²) in [6.07, 6.45) is 3.58. The summed E-state index contributed by atoms with van der Waals surface area (Å²) >= 11 is 0. The third-order valence-corrected chi connectivity index (χ3v) is 4.28. The molecule has 116 valence electrons. The quantitative estimate of drug-likeness (QED) is 0.853. The van der Waals surface area contributed by atoms with Crippen LogP contribution in [-0.2, 0) is 4.79 Å². The second-order valence-electron chi connectivity index (χ2n) is 6.24. The standard InChI is InChI=1S/C17H22N4O/c1-12-6-7-15-14(9-12)16(19-11-18-15)21-8-4-5-13(10-21)17(22)20(2)3/h6-7,9,11,13H,4-5,8,10H2,1-3H3. The molecule has 5 heteroatoms. The molecule has 1 unspecified atom stereocenters. The highest BCUT2D eigenvalue weighted by molar-refractivity contribution is 5.90. The molecule has 2 heterocycles. The van der Waals surface area contributed by atoms with Crippen molar-refractivity contribution in [2.45, 2.75) is 19.8 Å². The number of carbonyl (C=O) groups excluding carboxylic acids is 1. The van der Waals surface area contributed by atoms with Crippen LogP contribution in [-0.4, -0.2) is 48.0 Å². The predicted octanol–water partition coefficient (Wildman–Crippen LogP) is 2.24. The fourth-order valence-electron chi connectivity index (χ4n) is 3.15. The lowest BCUT2D eigenvalue weighted by molar-refractivity contribution is -0.133. The second-order valence-corrected chi connectivity index (χ2v) is 6.24. The fraction of sp³-hybridized carbons (Fsp3) is 0.471. The molecule has 1 saturated heterocycles. The number of hydrogen-bond donors (Lipinski definition) is 0. The Hall–Kier alpha value is -2.17. The molecular weight excluding hydrogens is 276 g/mol. The van der Waals surface area contributed by atoms with E-state index in [-0.39, 0.29) is 11.8 Å². The lowest BCUT2D eigenvalue weighted by Crippen LogP contribution is -2.43. The van der Waals surface area contributed by atoms with E-state index in [9.17, 15) is 4.79 Å². The van der Waals surface area contributed by atoms with Crippen LogP contribution in [0.4, 0.5) is 5.82 Å². The molecule has 1 aliphatic heterocycles. The fourth-order valence-corrected chi connectivity index (χ4v) is 3.15. The van der Waals surface area contributed by atoms with Crippen LogP contribution in [0, 0.1) is 12.8 Å². The highest BCUT2D eigenvalue weighted by Crippen LogP contribution is 2.28. The van der Waals surface area contributed by atoms with E-state index in [1.165, 1.54) is 5.56 Å². The first kappa shape index (κ1) is 14.8. The molecule has 1 aromatic carbocycles. The number of carbonyl (C=O) groups is 1. The molecule has 0 N–H and O–H groups in total. The lowest BCUT2D eigenvalue weighted by Gasteiger charge is -2.34. The molecule has 22 heavy (non-hydrogen) atoms. The van der Waals surface area contributed by atoms with Crippen molar-refractivity contribution in [2.24, 2.45) is 5.92 Å². The topological polar surface area (TPSA) is 49.3 Å². The number of aryl methyl sites for hydroxylation is 1. The molecule has 0 spiro atoms. The Balaban J connectivity index is 1.93. The van der Waals surface area contributed by atoms with E-state index in [0.29, 0.717) is 0 Å². The van der Waals surface area contributed by atoms with Gasteiger partial charge in [-0.05, 0) is 31.9 Å². The molecule has 0 aliphatic carbocycles. The zero-order valence-electron chi connectivity index (χ0n) is 13.4. The van der Waals surface area contributed by atoms with Crippen LogP contribution in [0.2, 0.25) is 0 Å². The van der Waals surface area contributed by atoms with Crippen molar-refractivity contribution in [1.82, 2.24) is 14.9 Å². The Morgan fingerprint density at radius 3 is 2.91 bits per heavy atom. The van der Waals surface area contributed by atoms with Crippen molar-refractivity contribution in [3.05, 3.63) is 30.1 Å². The summed E-state index contributed by atoms with van der Waals surface area (Å²) in [7, 11) is 3.65. The van der Waals surface area contributed by atoms with Gasteiger partial charge < -0.3 is 9.80 Å². The maximum atomic E-state index is 12.3. The van der Waals surface area contributed by atoms with Crippen molar-refractivity contribution < 1.29 is 4.79 Å². The number of rotatable bonds is 2. The third kappa shape index (κ3) is 2.75. The average Bonchev–Trinajstić information content (AvgIpc) is 2.53. The van der Waals surface area contributed by atoms with E-state index in [2.05, 4.69) is 33.9 Å². The Kier molecular flexibility index (Phi) is 3.96. The highest BCUT2D eigenvalue weighted by atomic mass is 16.2. The summed E-state index contributed by atoms with van der Waals surface area (Å²) < 4.78 is 0. The first-order chi connectivity index (χ1) is 10.6. The number of aromatic nitrogens is 2. The SMILES string of the molecule is Cc1ccc2ncnc(N3CCCC(C(=O)N(C)C)C3)c2c1. The largest absolute Gasteiger partial charge is 0.355 e. The van der Waals surface area contributed by atoms with Crippen LogP contribution in [0.25, 0.3) is 10.9 Å². The Morgan fingerprint density at radius 2 is 2.14 bits per heavy atom. The monoisotopic (exact) mass is 298 g/mol. The normalized spacial score (nSPS) is 18.5. The molecule has 0 saturated carbocycles. The predicted molar refractivity (Wildman–Crippen MR) is 87.9 cm³/mol. The molecule has 1 aromatic heterocycles. The summed E-state index contributed by atoms with van der Waals surface area (Å²) in [4.78, 5) is 25.0. The third-order valence-electron chi connectivity index (χ3n) is 4.28. The van der Waals surface area contributed by atoms with Gasteiger partial charge in [0.15, 0.2) is 0 Å². The van der Waals surface area contributed by atoms with Crippen LogP contribution in [0.15, 0.2) is 24.5 Å². The van der Waals surface area contributed by atoms with Crippen LogP contribution >= 0.6 is 0 Å². The maximum absolute atomic E-state index is 12.3. The van der Waals surface area contributed by atoms with Gasteiger partial charge in [-0.1, -0.05) is 11.6 Å². The number of benzene rings is 1. The van der Waals surface area contributed by atoms with Crippen LogP contribution in [0.3, 0.4) is 0 Å². The summed E-state index contributed by atoms with van der Waals surface area (Å²) in [6.45, 7) is 3.75. The van der Waals surface area contributed by atoms with Crippen molar-refractivity contribution in [2.75, 3.05) is 32.1 Å². The van der Waals surface area contributed by atoms with Crippen molar-refractivity contribution in [3.63, 3.8) is 0 Å². The molecule has 1 aliphatic rings. The first-order valence-electron chi connectivity index (χ1n) is 7.74. The smallest absolute Gasteiger partial charge is 0.226 e. The summed E-state index contributed by atoms with van der Waals surface area (Å²) in [5.74, 6) is 1.21. The van der Waals surface area contributed by atoms with Crippen molar-refractivity contribution in [1.29, 1.82) is 0 Å². The molecule has 1 atom stereocenters. The number of anilines is 1. The molecule has 3 rings (SSSR count). The number of nitrogens with zero attached hydrogens (tertiary/aromatic N) is 4. The number of piperidine rings is 1. The number of hydrogen-bond acceptors (Lipinski definition) is 4. The van der Waals surface area contributed by atoms with Gasteiger partial charge >= 0.3 is 0 Å². The summed E-state index contributed by atoms with van der Waals surface area (Å²) in [5, 5.41) is 1.07. The zero-order valence-corrected chi connectivity index (χ0v) is 13.4. The van der Waals surface area contributed by atoms with E-state index in [1.54, 1.807) is 11.2 Å². The summed E-state index contributed by atoms with van der Waals surface area (Å²) in [6, 6.07) is 6.22. The number of fused-ring (bicyclic) bond motifs is 1. The lowest BCUT2D eigenvalue weighted by atomic mass is 9.96. The molecule has 1 fully saturated rings. The van der Waals surface area contributed by atoms with Gasteiger partial charge in [0.1, 0.15) is 12.1 Å². The summed E-state index contributed by atoms with van der Waals surface area (Å²) in [5.41, 5.74) is 2.15. The number of amides is 1. The van der Waals surface area contributed by atoms with E-state index in [4.69, 9.17) is 0 Å². The Morgan fingerprint density at radius 1 is 1.32 bits per heavy atom. The molecule has 0 radical (unpaired) electrons. The van der Waals surface area contributed by atoms with E-state index >= 15 is 0 Å². The first-order valence-corrected chi connectivity index (χ1v) is 7.74. The van der Waals surface area contributed by atoms with Gasteiger partial charge in [-0.15, -0.1) is 0 Å². The van der Waals surface area contributed by atoms with Crippen molar-refractivity contribution >= 4 is 22.6 Å². The van der Waals surface area contributed by atoms with Crippen molar-refractivity contribution in [3.8, 4) is 0 Å². The van der Waals surface area contributed by atoms with Gasteiger partial charge in [0.25, 0.3) is 0 Å². The molecule has 5 nitrogen and oxygen atoms in total. The van der Waals surface area contributed by atoms with E-state index < -0.39 is 0 Å². The Bertz CT molecular complexity index is 698. The minimum Gasteiger partial charge on any atom is -0.355 e. The zero-order chi connectivity index (χ0) is 15.7. The molecule has 2 aromatic rings. The minimum atomic E-state index is 0.0542. The van der Waals surface area contributed by atoms with E-state index in [0.717, 1.165) is 42.7 Å². The van der Waals surface area contributed by atoms with Gasteiger partial charge in [-0.2, -0.15) is 0 Å². The maximum Gasteiger partial charge on any atom is 0.226 e. The highest BCUT2D eigenvalue weighted by Gasteiger charge is 2.28. The average molecular weight is 298 g/mol. The van der Waals surface area contributed by atoms with Crippen LogP contribution < -0.4 is 4.90 Å². The second kappa shape index (κ2) is 5.91. The van der Waals surface area contributed by atoms with E-state index in [1.807, 2.05) is 20.2 Å². The molecule has 0 bridgehead atoms. The van der Waals surface area contributed by atoms with Crippen LogP contribution in [0.1, 0.15) is 18.4 Å². The molecular formula is C17H22N4O. The van der Waals surface area contributed by atoms with Gasteiger partial charge in [-0.25, -0.2) is 9.97 Å².